The maximum atomic E-state index is 12.7. The van der Waals surface area contributed by atoms with Crippen LogP contribution in [0.4, 0.5) is 5.69 Å². The lowest BCUT2D eigenvalue weighted by atomic mass is 10.0. The molecule has 0 radical (unpaired) electrons. The molecule has 1 aliphatic heterocycles. The predicted molar refractivity (Wildman–Crippen MR) is 85.3 cm³/mol. The van der Waals surface area contributed by atoms with Gasteiger partial charge in [-0.05, 0) is 50.3 Å². The van der Waals surface area contributed by atoms with Crippen LogP contribution in [0.15, 0.2) is 24.3 Å². The van der Waals surface area contributed by atoms with Crippen molar-refractivity contribution in [2.75, 3.05) is 31.6 Å². The van der Waals surface area contributed by atoms with E-state index < -0.39 is 0 Å². The number of hydrogen-bond acceptors (Lipinski definition) is 3. The van der Waals surface area contributed by atoms with Crippen LogP contribution >= 0.6 is 0 Å². The number of carbonyl (C=O) groups excluding carboxylic acids is 1. The number of benzene rings is 1. The van der Waals surface area contributed by atoms with Crippen molar-refractivity contribution in [2.45, 2.75) is 31.7 Å². The highest BCUT2D eigenvalue weighted by Crippen LogP contribution is 2.34. The Morgan fingerprint density at radius 1 is 1.43 bits per heavy atom. The van der Waals surface area contributed by atoms with Crippen molar-refractivity contribution in [3.05, 3.63) is 29.8 Å². The summed E-state index contributed by atoms with van der Waals surface area (Å²) in [6.07, 6.45) is 4.64. The van der Waals surface area contributed by atoms with Crippen LogP contribution < -0.4 is 10.6 Å². The van der Waals surface area contributed by atoms with Crippen LogP contribution in [0, 0.1) is 5.92 Å². The Labute approximate surface area is 126 Å². The van der Waals surface area contributed by atoms with Crippen molar-refractivity contribution in [2.24, 2.45) is 11.7 Å². The summed E-state index contributed by atoms with van der Waals surface area (Å²) in [7, 11) is 2.03. The molecule has 0 spiro atoms. The molecule has 4 heteroatoms. The van der Waals surface area contributed by atoms with E-state index in [1.807, 2.05) is 18.0 Å². The van der Waals surface area contributed by atoms with Gasteiger partial charge in [-0.2, -0.15) is 0 Å². The van der Waals surface area contributed by atoms with Gasteiger partial charge in [-0.25, -0.2) is 0 Å². The van der Waals surface area contributed by atoms with Gasteiger partial charge in [0, 0.05) is 24.8 Å². The normalized spacial score (nSPS) is 19.5. The number of aryl methyl sites for hydroxylation is 1. The van der Waals surface area contributed by atoms with Gasteiger partial charge in [0.05, 0.1) is 6.54 Å². The summed E-state index contributed by atoms with van der Waals surface area (Å²) >= 11 is 0. The molecular weight excluding hydrogens is 262 g/mol. The van der Waals surface area contributed by atoms with Crippen molar-refractivity contribution >= 4 is 11.6 Å². The predicted octanol–water partition coefficient (Wildman–Crippen LogP) is 1.63. The minimum absolute atomic E-state index is 0.198. The van der Waals surface area contributed by atoms with Crippen LogP contribution in [0.3, 0.4) is 0 Å². The van der Waals surface area contributed by atoms with Crippen molar-refractivity contribution in [1.29, 1.82) is 0 Å². The minimum Gasteiger partial charge on any atom is -0.329 e. The van der Waals surface area contributed by atoms with Crippen molar-refractivity contribution in [3.63, 3.8) is 0 Å². The van der Waals surface area contributed by atoms with Crippen LogP contribution in [0.1, 0.15) is 24.8 Å². The zero-order chi connectivity index (χ0) is 14.8. The monoisotopic (exact) mass is 287 g/mol. The van der Waals surface area contributed by atoms with E-state index in [1.165, 1.54) is 18.4 Å². The number of amides is 1. The van der Waals surface area contributed by atoms with Gasteiger partial charge < -0.3 is 10.6 Å². The Hall–Kier alpha value is -1.39. The number of hydrogen-bond donors (Lipinski definition) is 1. The first kappa shape index (κ1) is 14.5. The summed E-state index contributed by atoms with van der Waals surface area (Å²) in [6.45, 7) is 1.94. The third-order valence-corrected chi connectivity index (χ3v) is 4.77. The molecule has 4 nitrogen and oxygen atoms in total. The molecule has 1 heterocycles. The van der Waals surface area contributed by atoms with E-state index >= 15 is 0 Å². The highest BCUT2D eigenvalue weighted by Gasteiger charge is 2.34. The molecular formula is C17H25N3O. The second-order valence-electron chi connectivity index (χ2n) is 6.33. The minimum atomic E-state index is 0.198. The van der Waals surface area contributed by atoms with Crippen molar-refractivity contribution in [3.8, 4) is 0 Å². The van der Waals surface area contributed by atoms with Gasteiger partial charge in [0.25, 0.3) is 0 Å². The van der Waals surface area contributed by atoms with E-state index in [0.29, 0.717) is 25.0 Å². The number of rotatable bonds is 5. The summed E-state index contributed by atoms with van der Waals surface area (Å²) < 4.78 is 0. The fraction of sp³-hybridized carbons (Fsp3) is 0.588. The molecule has 1 saturated carbocycles. The smallest absolute Gasteiger partial charge is 0.241 e. The first-order chi connectivity index (χ1) is 10.2. The Morgan fingerprint density at radius 2 is 2.19 bits per heavy atom. The molecule has 1 unspecified atom stereocenters. The lowest BCUT2D eigenvalue weighted by Gasteiger charge is -2.33. The van der Waals surface area contributed by atoms with Crippen molar-refractivity contribution < 1.29 is 4.79 Å². The summed E-state index contributed by atoms with van der Waals surface area (Å²) in [5, 5.41) is 0. The number of likely N-dealkylation sites (N-methyl/N-ethyl adjacent to an activating group) is 1. The molecule has 2 aliphatic rings. The number of nitrogens with two attached hydrogens (primary N) is 1. The molecule has 0 bridgehead atoms. The summed E-state index contributed by atoms with van der Waals surface area (Å²) in [5.74, 6) is 0.894. The number of para-hydroxylation sites is 1. The first-order valence-corrected chi connectivity index (χ1v) is 7.99. The van der Waals surface area contributed by atoms with Gasteiger partial charge in [-0.3, -0.25) is 9.69 Å². The lowest BCUT2D eigenvalue weighted by Crippen LogP contribution is -2.47. The van der Waals surface area contributed by atoms with Crippen LogP contribution in [0.25, 0.3) is 0 Å². The molecule has 21 heavy (non-hydrogen) atoms. The molecule has 0 aromatic heterocycles. The van der Waals surface area contributed by atoms with Crippen LogP contribution in [-0.4, -0.2) is 43.5 Å². The second kappa shape index (κ2) is 6.16. The van der Waals surface area contributed by atoms with E-state index in [9.17, 15) is 4.79 Å². The highest BCUT2D eigenvalue weighted by atomic mass is 16.2. The average molecular weight is 287 g/mol. The summed E-state index contributed by atoms with van der Waals surface area (Å²) in [5.41, 5.74) is 8.26. The number of anilines is 1. The molecule has 1 amide bonds. The van der Waals surface area contributed by atoms with E-state index in [1.54, 1.807) is 0 Å². The van der Waals surface area contributed by atoms with Crippen LogP contribution in [-0.2, 0) is 11.2 Å². The SMILES string of the molecule is CN(CC(=O)N1CCCc2ccccc21)C(CN)C1CC1. The fourth-order valence-electron chi connectivity index (χ4n) is 3.42. The molecule has 114 valence electrons. The molecule has 0 saturated heterocycles. The molecule has 2 N–H and O–H groups in total. The Bertz CT molecular complexity index is 513. The van der Waals surface area contributed by atoms with Gasteiger partial charge >= 0.3 is 0 Å². The second-order valence-corrected chi connectivity index (χ2v) is 6.33. The third-order valence-electron chi connectivity index (χ3n) is 4.77. The quantitative estimate of drug-likeness (QED) is 0.895. The molecule has 1 aromatic rings. The molecule has 1 aromatic carbocycles. The first-order valence-electron chi connectivity index (χ1n) is 7.99. The van der Waals surface area contributed by atoms with E-state index in [-0.39, 0.29) is 5.91 Å². The maximum absolute atomic E-state index is 12.7. The van der Waals surface area contributed by atoms with E-state index in [0.717, 1.165) is 25.1 Å². The number of fused-ring (bicyclic) bond motifs is 1. The largest absolute Gasteiger partial charge is 0.329 e. The molecule has 1 fully saturated rings. The topological polar surface area (TPSA) is 49.6 Å². The Balaban J connectivity index is 1.68. The van der Waals surface area contributed by atoms with Gasteiger partial charge in [0.15, 0.2) is 0 Å². The third kappa shape index (κ3) is 3.11. The maximum Gasteiger partial charge on any atom is 0.241 e. The summed E-state index contributed by atoms with van der Waals surface area (Å²) in [4.78, 5) is 16.8. The molecule has 3 rings (SSSR count). The van der Waals surface area contributed by atoms with Crippen molar-refractivity contribution in [1.82, 2.24) is 4.90 Å². The van der Waals surface area contributed by atoms with E-state index in [4.69, 9.17) is 5.73 Å². The van der Waals surface area contributed by atoms with Gasteiger partial charge in [0.1, 0.15) is 0 Å². The standard InChI is InChI=1S/C17H25N3O/c1-19(16(11-18)14-8-9-14)12-17(21)20-10-4-6-13-5-2-3-7-15(13)20/h2-3,5,7,14,16H,4,6,8-12,18H2,1H3. The fourth-order valence-corrected chi connectivity index (χ4v) is 3.42. The average Bonchev–Trinajstić information content (AvgIpc) is 3.32. The zero-order valence-corrected chi connectivity index (χ0v) is 12.8. The van der Waals surface area contributed by atoms with Gasteiger partial charge in [-0.15, -0.1) is 0 Å². The lowest BCUT2D eigenvalue weighted by molar-refractivity contribution is -0.120. The Morgan fingerprint density at radius 3 is 2.90 bits per heavy atom. The van der Waals surface area contributed by atoms with Crippen LogP contribution in [0.2, 0.25) is 0 Å². The number of carbonyl (C=O) groups is 1. The van der Waals surface area contributed by atoms with Crippen LogP contribution in [0.5, 0.6) is 0 Å². The van der Waals surface area contributed by atoms with E-state index in [2.05, 4.69) is 23.1 Å². The molecule has 1 aliphatic carbocycles. The Kier molecular flexibility index (Phi) is 4.27. The molecule has 1 atom stereocenters. The van der Waals surface area contributed by atoms with Gasteiger partial charge in [-0.1, -0.05) is 18.2 Å². The number of nitrogens with zero attached hydrogens (tertiary/aromatic N) is 2. The zero-order valence-electron chi connectivity index (χ0n) is 12.8. The van der Waals surface area contributed by atoms with Gasteiger partial charge in [0.2, 0.25) is 5.91 Å². The summed E-state index contributed by atoms with van der Waals surface area (Å²) in [6, 6.07) is 8.62. The highest BCUT2D eigenvalue weighted by molar-refractivity contribution is 5.95.